The van der Waals surface area contributed by atoms with Gasteiger partial charge in [-0.2, -0.15) is 13.2 Å². The van der Waals surface area contributed by atoms with Crippen LogP contribution in [0.4, 0.5) is 30.5 Å². The van der Waals surface area contributed by atoms with Crippen molar-refractivity contribution in [2.45, 2.75) is 26.1 Å². The summed E-state index contributed by atoms with van der Waals surface area (Å²) in [4.78, 5) is 33.0. The maximum Gasteiger partial charge on any atom is 0.416 e. The fraction of sp³-hybridized carbons (Fsp3) is 0.182. The Bertz CT molecular complexity index is 1390. The molecule has 1 atom stereocenters. The Labute approximate surface area is 201 Å². The molecule has 186 valence electrons. The molecule has 0 unspecified atom stereocenters. The molecule has 0 fully saturated rings. The van der Waals surface area contributed by atoms with Crippen LogP contribution in [-0.4, -0.2) is 32.1 Å². The summed E-state index contributed by atoms with van der Waals surface area (Å²) in [5, 5.41) is 15.3. The summed E-state index contributed by atoms with van der Waals surface area (Å²) >= 11 is 0. The number of carbonyl (C=O) groups excluding carboxylic acids is 2. The summed E-state index contributed by atoms with van der Waals surface area (Å²) in [6, 6.07) is 6.97. The molecule has 36 heavy (non-hydrogen) atoms. The fourth-order valence-corrected chi connectivity index (χ4v) is 3.10. The highest BCUT2D eigenvalue weighted by Gasteiger charge is 2.32. The minimum absolute atomic E-state index is 0.0248. The molecule has 0 aliphatic heterocycles. The number of halogens is 3. The number of nitrogens with zero attached hydrogens (tertiary/aromatic N) is 4. The van der Waals surface area contributed by atoms with Gasteiger partial charge in [0.15, 0.2) is 5.82 Å². The van der Waals surface area contributed by atoms with Crippen LogP contribution in [0, 0.1) is 6.92 Å². The van der Waals surface area contributed by atoms with Crippen LogP contribution in [0.15, 0.2) is 58.0 Å². The molecule has 4 aromatic rings. The second-order valence-electron chi connectivity index (χ2n) is 7.59. The molecular weight excluding hydrogens is 483 g/mol. The van der Waals surface area contributed by atoms with Gasteiger partial charge in [-0.05, 0) is 31.5 Å². The van der Waals surface area contributed by atoms with Gasteiger partial charge in [0.2, 0.25) is 5.76 Å². The van der Waals surface area contributed by atoms with Crippen molar-refractivity contribution in [3.63, 3.8) is 0 Å². The first kappa shape index (κ1) is 24.4. The number of rotatable bonds is 7. The van der Waals surface area contributed by atoms with Gasteiger partial charge in [-0.1, -0.05) is 16.4 Å². The Morgan fingerprint density at radius 3 is 2.53 bits per heavy atom. The second kappa shape index (κ2) is 9.85. The Kier molecular flexibility index (Phi) is 6.67. The topological polar surface area (TPSA) is 148 Å². The lowest BCUT2D eigenvalue weighted by molar-refractivity contribution is -0.138. The summed E-state index contributed by atoms with van der Waals surface area (Å²) in [6.45, 7) is 2.92. The second-order valence-corrected chi connectivity index (χ2v) is 7.59. The average molecular weight is 501 g/mol. The van der Waals surface area contributed by atoms with Gasteiger partial charge >= 0.3 is 6.18 Å². The lowest BCUT2D eigenvalue weighted by Crippen LogP contribution is -2.27. The van der Waals surface area contributed by atoms with E-state index in [-0.39, 0.29) is 28.4 Å². The summed E-state index contributed by atoms with van der Waals surface area (Å²) in [7, 11) is 0. The van der Waals surface area contributed by atoms with Crippen LogP contribution < -0.4 is 16.0 Å². The number of hydrogen-bond acceptors (Lipinski definition) is 9. The van der Waals surface area contributed by atoms with Crippen molar-refractivity contribution >= 4 is 29.1 Å². The summed E-state index contributed by atoms with van der Waals surface area (Å²) in [5.41, 5.74) is -0.640. The van der Waals surface area contributed by atoms with E-state index in [4.69, 9.17) is 9.05 Å². The zero-order chi connectivity index (χ0) is 25.9. The van der Waals surface area contributed by atoms with Crippen LogP contribution in [0.1, 0.15) is 50.8 Å². The highest BCUT2D eigenvalue weighted by Crippen LogP contribution is 2.33. The van der Waals surface area contributed by atoms with Crippen molar-refractivity contribution in [2.24, 2.45) is 0 Å². The molecule has 3 aromatic heterocycles. The first-order valence-corrected chi connectivity index (χ1v) is 10.4. The molecule has 0 bridgehead atoms. The largest absolute Gasteiger partial charge is 0.416 e. The highest BCUT2D eigenvalue weighted by atomic mass is 19.4. The van der Waals surface area contributed by atoms with Crippen LogP contribution in [0.25, 0.3) is 0 Å². The van der Waals surface area contributed by atoms with Crippen molar-refractivity contribution in [1.82, 2.24) is 25.6 Å². The molecule has 0 spiro atoms. The van der Waals surface area contributed by atoms with E-state index in [0.717, 1.165) is 6.07 Å². The van der Waals surface area contributed by atoms with Crippen LogP contribution in [0.2, 0.25) is 0 Å². The molecule has 3 heterocycles. The van der Waals surface area contributed by atoms with Crippen molar-refractivity contribution in [3.8, 4) is 0 Å². The molecule has 0 aliphatic rings. The minimum Gasteiger partial charge on any atom is -0.363 e. The smallest absolute Gasteiger partial charge is 0.363 e. The standard InChI is InChI=1S/C22H18F3N7O4/c1-11-3-4-13(7-14(11)22(23,24)25)29-21(34)17-8-15(31-36-17)12(2)28-20(33)16-9-19(27-10-26-16)30-18-5-6-35-32-18/h3-10,12H,1-2H3,(H,28,33)(H,29,34)(H,26,27,30,32)/t12-/m0/s1. The molecule has 0 aliphatic carbocycles. The zero-order valence-electron chi connectivity index (χ0n) is 18.8. The molecule has 4 rings (SSSR count). The van der Waals surface area contributed by atoms with Crippen molar-refractivity contribution < 1.29 is 31.8 Å². The highest BCUT2D eigenvalue weighted by molar-refractivity contribution is 6.02. The van der Waals surface area contributed by atoms with Gasteiger partial charge in [-0.15, -0.1) is 0 Å². The first-order valence-electron chi connectivity index (χ1n) is 10.4. The molecular formula is C22H18F3N7O4. The van der Waals surface area contributed by atoms with Gasteiger partial charge in [0.05, 0.1) is 11.6 Å². The number of benzene rings is 1. The molecule has 0 saturated carbocycles. The predicted molar refractivity (Wildman–Crippen MR) is 118 cm³/mol. The quantitative estimate of drug-likeness (QED) is 0.338. The number of carbonyl (C=O) groups is 2. The molecule has 1 aromatic carbocycles. The number of alkyl halides is 3. The van der Waals surface area contributed by atoms with E-state index in [2.05, 4.69) is 36.2 Å². The van der Waals surface area contributed by atoms with E-state index in [0.29, 0.717) is 11.6 Å². The SMILES string of the molecule is Cc1ccc(NC(=O)c2cc([C@H](C)NC(=O)c3cc(Nc4ccon4)ncn3)no2)cc1C(F)(F)F. The summed E-state index contributed by atoms with van der Waals surface area (Å²) in [5.74, 6) is -0.907. The molecule has 3 N–H and O–H groups in total. The number of hydrogen-bond donors (Lipinski definition) is 3. The first-order chi connectivity index (χ1) is 17.1. The van der Waals surface area contributed by atoms with E-state index in [1.807, 2.05) is 0 Å². The number of anilines is 3. The van der Waals surface area contributed by atoms with Gasteiger partial charge in [0, 0.05) is 23.9 Å². The van der Waals surface area contributed by atoms with Gasteiger partial charge in [0.25, 0.3) is 11.8 Å². The Balaban J connectivity index is 1.40. The van der Waals surface area contributed by atoms with Crippen LogP contribution in [0.5, 0.6) is 0 Å². The summed E-state index contributed by atoms with van der Waals surface area (Å²) < 4.78 is 49.1. The van der Waals surface area contributed by atoms with E-state index in [1.54, 1.807) is 13.0 Å². The lowest BCUT2D eigenvalue weighted by Gasteiger charge is -2.12. The third kappa shape index (κ3) is 5.65. The van der Waals surface area contributed by atoms with Crippen molar-refractivity contribution in [3.05, 3.63) is 77.3 Å². The third-order valence-electron chi connectivity index (χ3n) is 4.94. The normalized spacial score (nSPS) is 12.1. The molecule has 14 heteroatoms. The van der Waals surface area contributed by atoms with Crippen molar-refractivity contribution in [1.29, 1.82) is 0 Å². The maximum absolute atomic E-state index is 13.1. The van der Waals surface area contributed by atoms with Gasteiger partial charge in [-0.25, -0.2) is 9.97 Å². The summed E-state index contributed by atoms with van der Waals surface area (Å²) in [6.07, 6.45) is -2.00. The van der Waals surface area contributed by atoms with Crippen molar-refractivity contribution in [2.75, 3.05) is 10.6 Å². The zero-order valence-corrected chi connectivity index (χ0v) is 18.8. The maximum atomic E-state index is 13.1. The average Bonchev–Trinajstić information content (AvgIpc) is 3.52. The third-order valence-corrected chi connectivity index (χ3v) is 4.94. The number of amides is 2. The van der Waals surface area contributed by atoms with E-state index in [9.17, 15) is 22.8 Å². The molecule has 0 radical (unpaired) electrons. The van der Waals surface area contributed by atoms with Gasteiger partial charge in [-0.3, -0.25) is 9.59 Å². The van der Waals surface area contributed by atoms with Crippen LogP contribution >= 0.6 is 0 Å². The molecule has 0 saturated heterocycles. The fourth-order valence-electron chi connectivity index (χ4n) is 3.10. The van der Waals surface area contributed by atoms with Crippen LogP contribution in [-0.2, 0) is 6.18 Å². The van der Waals surface area contributed by atoms with E-state index in [1.165, 1.54) is 43.8 Å². The van der Waals surface area contributed by atoms with Gasteiger partial charge in [0.1, 0.15) is 29.8 Å². The Morgan fingerprint density at radius 1 is 1.00 bits per heavy atom. The predicted octanol–water partition coefficient (Wildman–Crippen LogP) is 4.27. The van der Waals surface area contributed by atoms with Gasteiger partial charge < -0.3 is 25.0 Å². The monoisotopic (exact) mass is 501 g/mol. The molecule has 2 amide bonds. The lowest BCUT2D eigenvalue weighted by atomic mass is 10.1. The molecule has 11 nitrogen and oxygen atoms in total. The number of aromatic nitrogens is 4. The van der Waals surface area contributed by atoms with E-state index >= 15 is 0 Å². The Hall–Kier alpha value is -4.75. The Morgan fingerprint density at radius 2 is 1.81 bits per heavy atom. The van der Waals surface area contributed by atoms with Crippen LogP contribution in [0.3, 0.4) is 0 Å². The number of aryl methyl sites for hydroxylation is 1. The minimum atomic E-state index is -4.56. The number of nitrogens with one attached hydrogen (secondary N) is 3. The van der Waals surface area contributed by atoms with E-state index < -0.39 is 29.6 Å².